The molecule has 176 valence electrons. The van der Waals surface area contributed by atoms with Gasteiger partial charge in [0.2, 0.25) is 0 Å². The molecule has 0 atom stereocenters. The zero-order valence-electron chi connectivity index (χ0n) is 18.7. The van der Waals surface area contributed by atoms with E-state index in [1.165, 1.54) is 36.4 Å². The van der Waals surface area contributed by atoms with Gasteiger partial charge in [-0.25, -0.2) is 8.78 Å². The van der Waals surface area contributed by atoms with Crippen molar-refractivity contribution in [2.75, 3.05) is 5.32 Å². The summed E-state index contributed by atoms with van der Waals surface area (Å²) >= 11 is 0. The average Bonchev–Trinajstić information content (AvgIpc) is 2.84. The SMILES string of the molecule is NC1CCC(N(Cc2ccc(NC(=O)c3cccc(F)c3)cc2)C(=O)c2cccc(F)c2)CC1. The lowest BCUT2D eigenvalue weighted by Gasteiger charge is -2.36. The Hall–Kier alpha value is -3.58. The van der Waals surface area contributed by atoms with Crippen LogP contribution in [0.15, 0.2) is 72.8 Å². The van der Waals surface area contributed by atoms with Gasteiger partial charge in [0.15, 0.2) is 0 Å². The first-order valence-electron chi connectivity index (χ1n) is 11.4. The van der Waals surface area contributed by atoms with Crippen LogP contribution < -0.4 is 11.1 Å². The minimum atomic E-state index is -0.477. The molecule has 0 aromatic heterocycles. The van der Waals surface area contributed by atoms with E-state index in [4.69, 9.17) is 5.73 Å². The predicted molar refractivity (Wildman–Crippen MR) is 127 cm³/mol. The summed E-state index contributed by atoms with van der Waals surface area (Å²) in [5, 5.41) is 2.75. The van der Waals surface area contributed by atoms with Crippen molar-refractivity contribution in [3.8, 4) is 0 Å². The lowest BCUT2D eigenvalue weighted by atomic mass is 9.90. The molecule has 0 bridgehead atoms. The third-order valence-corrected chi connectivity index (χ3v) is 6.17. The maximum absolute atomic E-state index is 13.8. The number of nitrogens with two attached hydrogens (primary N) is 1. The number of carbonyl (C=O) groups is 2. The summed E-state index contributed by atoms with van der Waals surface area (Å²) in [6.45, 7) is 0.355. The Morgan fingerprint density at radius 2 is 1.44 bits per heavy atom. The number of amides is 2. The van der Waals surface area contributed by atoms with Crippen molar-refractivity contribution in [1.82, 2.24) is 4.90 Å². The van der Waals surface area contributed by atoms with E-state index in [9.17, 15) is 18.4 Å². The van der Waals surface area contributed by atoms with Gasteiger partial charge in [0.25, 0.3) is 11.8 Å². The first kappa shape index (κ1) is 23.6. The summed E-state index contributed by atoms with van der Waals surface area (Å²) in [6.07, 6.45) is 3.26. The Bertz CT molecular complexity index is 1160. The highest BCUT2D eigenvalue weighted by Crippen LogP contribution is 2.26. The van der Waals surface area contributed by atoms with Crippen molar-refractivity contribution in [1.29, 1.82) is 0 Å². The predicted octanol–water partition coefficient (Wildman–Crippen LogP) is 5.13. The lowest BCUT2D eigenvalue weighted by Crippen LogP contribution is -2.43. The van der Waals surface area contributed by atoms with Gasteiger partial charge in [0, 0.05) is 35.4 Å². The molecule has 0 spiro atoms. The van der Waals surface area contributed by atoms with E-state index in [1.54, 1.807) is 29.2 Å². The number of halogens is 2. The molecule has 1 fully saturated rings. The largest absolute Gasteiger partial charge is 0.331 e. The quantitative estimate of drug-likeness (QED) is 0.532. The highest BCUT2D eigenvalue weighted by atomic mass is 19.1. The average molecular weight is 464 g/mol. The third-order valence-electron chi connectivity index (χ3n) is 6.17. The molecule has 3 aromatic rings. The molecule has 2 amide bonds. The highest BCUT2D eigenvalue weighted by Gasteiger charge is 2.28. The van der Waals surface area contributed by atoms with Crippen LogP contribution in [0.2, 0.25) is 0 Å². The molecule has 3 aromatic carbocycles. The molecule has 34 heavy (non-hydrogen) atoms. The van der Waals surface area contributed by atoms with Crippen LogP contribution >= 0.6 is 0 Å². The van der Waals surface area contributed by atoms with Crippen LogP contribution in [0.5, 0.6) is 0 Å². The molecule has 3 N–H and O–H groups in total. The second kappa shape index (κ2) is 10.6. The standard InChI is InChI=1S/C27H27F2N3O2/c28-21-5-1-3-19(15-21)26(33)31-24-11-7-18(8-12-24)17-32(25-13-9-23(30)10-14-25)27(34)20-4-2-6-22(29)16-20/h1-8,11-12,15-16,23,25H,9-10,13-14,17,30H2,(H,31,33). The minimum absolute atomic E-state index is 0.0166. The van der Waals surface area contributed by atoms with Crippen LogP contribution in [0.4, 0.5) is 14.5 Å². The summed E-state index contributed by atoms with van der Waals surface area (Å²) in [7, 11) is 0. The molecule has 1 aliphatic rings. The second-order valence-electron chi connectivity index (χ2n) is 8.67. The van der Waals surface area contributed by atoms with Crippen molar-refractivity contribution >= 4 is 17.5 Å². The number of carbonyl (C=O) groups excluding carboxylic acids is 2. The molecule has 0 aliphatic heterocycles. The normalized spacial score (nSPS) is 17.7. The van der Waals surface area contributed by atoms with E-state index >= 15 is 0 Å². The molecule has 0 unspecified atom stereocenters. The Morgan fingerprint density at radius 3 is 2.06 bits per heavy atom. The van der Waals surface area contributed by atoms with Crippen molar-refractivity contribution in [2.45, 2.75) is 44.3 Å². The van der Waals surface area contributed by atoms with Gasteiger partial charge in [-0.15, -0.1) is 0 Å². The van der Waals surface area contributed by atoms with Gasteiger partial charge in [-0.05, 0) is 79.8 Å². The molecular formula is C27H27F2N3O2. The molecule has 0 radical (unpaired) electrons. The van der Waals surface area contributed by atoms with E-state index in [0.717, 1.165) is 31.2 Å². The maximum Gasteiger partial charge on any atom is 0.255 e. The maximum atomic E-state index is 13.8. The summed E-state index contributed by atoms with van der Waals surface area (Å²) in [5.41, 5.74) is 8.04. The van der Waals surface area contributed by atoms with Crippen LogP contribution in [0.1, 0.15) is 52.0 Å². The minimum Gasteiger partial charge on any atom is -0.331 e. The molecule has 7 heteroatoms. The molecule has 5 nitrogen and oxygen atoms in total. The molecule has 0 saturated heterocycles. The van der Waals surface area contributed by atoms with Gasteiger partial charge >= 0.3 is 0 Å². The van der Waals surface area contributed by atoms with Crippen LogP contribution in [0.3, 0.4) is 0 Å². The molecule has 1 saturated carbocycles. The van der Waals surface area contributed by atoms with E-state index in [0.29, 0.717) is 17.8 Å². The lowest BCUT2D eigenvalue weighted by molar-refractivity contribution is 0.0606. The van der Waals surface area contributed by atoms with Gasteiger partial charge in [0.05, 0.1) is 0 Å². The van der Waals surface area contributed by atoms with Crippen molar-refractivity contribution < 1.29 is 18.4 Å². The molecular weight excluding hydrogens is 436 g/mol. The van der Waals surface area contributed by atoms with E-state index in [1.807, 2.05) is 12.1 Å². The summed E-state index contributed by atoms with van der Waals surface area (Å²) < 4.78 is 27.1. The number of benzene rings is 3. The van der Waals surface area contributed by atoms with Crippen LogP contribution in [-0.2, 0) is 6.54 Å². The molecule has 0 heterocycles. The van der Waals surface area contributed by atoms with Crippen LogP contribution in [0, 0.1) is 11.6 Å². The Labute approximate surface area is 197 Å². The topological polar surface area (TPSA) is 75.4 Å². The van der Waals surface area contributed by atoms with Gasteiger partial charge in [-0.2, -0.15) is 0 Å². The summed E-state index contributed by atoms with van der Waals surface area (Å²) in [5.74, 6) is -1.55. The number of nitrogens with one attached hydrogen (secondary N) is 1. The monoisotopic (exact) mass is 463 g/mol. The number of rotatable bonds is 6. The number of hydrogen-bond acceptors (Lipinski definition) is 3. The second-order valence-corrected chi connectivity index (χ2v) is 8.67. The first-order chi connectivity index (χ1) is 16.4. The van der Waals surface area contributed by atoms with Crippen molar-refractivity contribution in [3.05, 3.63) is 101 Å². The van der Waals surface area contributed by atoms with E-state index < -0.39 is 17.5 Å². The molecule has 4 rings (SSSR count). The van der Waals surface area contributed by atoms with Gasteiger partial charge in [-0.3, -0.25) is 9.59 Å². The zero-order chi connectivity index (χ0) is 24.1. The smallest absolute Gasteiger partial charge is 0.255 e. The van der Waals surface area contributed by atoms with E-state index in [2.05, 4.69) is 5.32 Å². The summed E-state index contributed by atoms with van der Waals surface area (Å²) in [4.78, 5) is 27.5. The Morgan fingerprint density at radius 1 is 0.853 bits per heavy atom. The molecule has 1 aliphatic carbocycles. The van der Waals surface area contributed by atoms with Crippen molar-refractivity contribution in [3.63, 3.8) is 0 Å². The third kappa shape index (κ3) is 5.85. The van der Waals surface area contributed by atoms with Crippen LogP contribution in [-0.4, -0.2) is 28.8 Å². The fourth-order valence-corrected chi connectivity index (χ4v) is 4.29. The highest BCUT2D eigenvalue weighted by molar-refractivity contribution is 6.04. The number of hydrogen-bond donors (Lipinski definition) is 2. The Kier molecular flexibility index (Phi) is 7.33. The number of anilines is 1. The fourth-order valence-electron chi connectivity index (χ4n) is 4.29. The summed E-state index contributed by atoms with van der Waals surface area (Å²) in [6, 6.07) is 18.5. The fraction of sp³-hybridized carbons (Fsp3) is 0.259. The van der Waals surface area contributed by atoms with Gasteiger partial charge in [0.1, 0.15) is 11.6 Å². The van der Waals surface area contributed by atoms with Crippen molar-refractivity contribution in [2.24, 2.45) is 5.73 Å². The number of nitrogens with zero attached hydrogens (tertiary/aromatic N) is 1. The first-order valence-corrected chi connectivity index (χ1v) is 11.4. The zero-order valence-corrected chi connectivity index (χ0v) is 18.7. The van der Waals surface area contributed by atoms with E-state index in [-0.39, 0.29) is 23.6 Å². The Balaban J connectivity index is 1.49. The van der Waals surface area contributed by atoms with Gasteiger partial charge in [-0.1, -0.05) is 24.3 Å². The van der Waals surface area contributed by atoms with Gasteiger partial charge < -0.3 is 16.0 Å². The van der Waals surface area contributed by atoms with Crippen LogP contribution in [0.25, 0.3) is 0 Å².